The number of aliphatic carboxylic acids is 1. The molecular formula is C19H22N2O4. The van der Waals surface area contributed by atoms with Crippen molar-refractivity contribution in [1.29, 1.82) is 0 Å². The SMILES string of the molecule is CCOc1ccccc1NC(=O)N(Cc1ccccc1)C(C)C(=O)O. The quantitative estimate of drug-likeness (QED) is 0.806. The number of hydrogen-bond acceptors (Lipinski definition) is 3. The number of carbonyl (C=O) groups is 2. The van der Waals surface area contributed by atoms with E-state index in [9.17, 15) is 14.7 Å². The number of hydrogen-bond donors (Lipinski definition) is 2. The van der Waals surface area contributed by atoms with E-state index in [2.05, 4.69) is 5.32 Å². The highest BCUT2D eigenvalue weighted by atomic mass is 16.5. The zero-order valence-corrected chi connectivity index (χ0v) is 14.3. The molecule has 0 radical (unpaired) electrons. The average Bonchev–Trinajstić information content (AvgIpc) is 2.61. The van der Waals surface area contributed by atoms with E-state index in [1.165, 1.54) is 11.8 Å². The second-order valence-electron chi connectivity index (χ2n) is 5.49. The first-order chi connectivity index (χ1) is 12.0. The van der Waals surface area contributed by atoms with E-state index >= 15 is 0 Å². The molecule has 6 heteroatoms. The molecule has 6 nitrogen and oxygen atoms in total. The number of ether oxygens (including phenoxy) is 1. The number of para-hydroxylation sites is 2. The minimum absolute atomic E-state index is 0.191. The van der Waals surface area contributed by atoms with Gasteiger partial charge in [-0.1, -0.05) is 42.5 Å². The van der Waals surface area contributed by atoms with E-state index in [0.29, 0.717) is 18.0 Å². The van der Waals surface area contributed by atoms with Crippen molar-refractivity contribution in [2.45, 2.75) is 26.4 Å². The Balaban J connectivity index is 2.22. The molecule has 2 amide bonds. The van der Waals surface area contributed by atoms with Crippen molar-refractivity contribution in [2.24, 2.45) is 0 Å². The maximum absolute atomic E-state index is 12.7. The number of amides is 2. The Kier molecular flexibility index (Phi) is 6.39. The van der Waals surface area contributed by atoms with Gasteiger partial charge in [-0.15, -0.1) is 0 Å². The lowest BCUT2D eigenvalue weighted by Gasteiger charge is -2.27. The fourth-order valence-corrected chi connectivity index (χ4v) is 2.34. The minimum Gasteiger partial charge on any atom is -0.492 e. The molecule has 0 aliphatic heterocycles. The molecule has 0 saturated heterocycles. The molecule has 2 N–H and O–H groups in total. The van der Waals surface area contributed by atoms with Crippen LogP contribution in [0, 0.1) is 0 Å². The molecule has 0 aromatic heterocycles. The van der Waals surface area contributed by atoms with Crippen LogP contribution in [0.25, 0.3) is 0 Å². The van der Waals surface area contributed by atoms with Crippen LogP contribution in [0.5, 0.6) is 5.75 Å². The van der Waals surface area contributed by atoms with Gasteiger partial charge in [-0.25, -0.2) is 9.59 Å². The molecule has 2 aromatic rings. The van der Waals surface area contributed by atoms with Crippen molar-refractivity contribution in [2.75, 3.05) is 11.9 Å². The first-order valence-corrected chi connectivity index (χ1v) is 8.09. The lowest BCUT2D eigenvalue weighted by atomic mass is 10.2. The van der Waals surface area contributed by atoms with Crippen molar-refractivity contribution in [3.05, 3.63) is 60.2 Å². The van der Waals surface area contributed by atoms with E-state index < -0.39 is 18.0 Å². The lowest BCUT2D eigenvalue weighted by Crippen LogP contribution is -2.45. The minimum atomic E-state index is -1.07. The Labute approximate surface area is 147 Å². The van der Waals surface area contributed by atoms with Gasteiger partial charge in [0.2, 0.25) is 0 Å². The number of nitrogens with zero attached hydrogens (tertiary/aromatic N) is 1. The summed E-state index contributed by atoms with van der Waals surface area (Å²) in [4.78, 5) is 25.4. The predicted molar refractivity (Wildman–Crippen MR) is 95.7 cm³/mol. The summed E-state index contributed by atoms with van der Waals surface area (Å²) in [7, 11) is 0. The smallest absolute Gasteiger partial charge is 0.326 e. The molecule has 1 atom stereocenters. The molecule has 1 unspecified atom stereocenters. The highest BCUT2D eigenvalue weighted by Gasteiger charge is 2.26. The lowest BCUT2D eigenvalue weighted by molar-refractivity contribution is -0.141. The molecule has 2 aromatic carbocycles. The van der Waals surface area contributed by atoms with Gasteiger partial charge in [-0.2, -0.15) is 0 Å². The molecule has 2 rings (SSSR count). The van der Waals surface area contributed by atoms with E-state index in [1.54, 1.807) is 18.2 Å². The Morgan fingerprint density at radius 1 is 1.12 bits per heavy atom. The molecule has 0 heterocycles. The second-order valence-corrected chi connectivity index (χ2v) is 5.49. The van der Waals surface area contributed by atoms with E-state index in [4.69, 9.17) is 4.74 Å². The summed E-state index contributed by atoms with van der Waals surface area (Å²) < 4.78 is 5.49. The monoisotopic (exact) mass is 342 g/mol. The van der Waals surface area contributed by atoms with Crippen LogP contribution in [0.3, 0.4) is 0 Å². The average molecular weight is 342 g/mol. The van der Waals surface area contributed by atoms with Crippen LogP contribution in [0.15, 0.2) is 54.6 Å². The van der Waals surface area contributed by atoms with Gasteiger partial charge < -0.3 is 20.1 Å². The van der Waals surface area contributed by atoms with Crippen molar-refractivity contribution >= 4 is 17.7 Å². The largest absolute Gasteiger partial charge is 0.492 e. The topological polar surface area (TPSA) is 78.9 Å². The van der Waals surface area contributed by atoms with Gasteiger partial charge in [0.25, 0.3) is 0 Å². The molecule has 132 valence electrons. The van der Waals surface area contributed by atoms with Crippen LogP contribution in [-0.4, -0.2) is 34.7 Å². The Morgan fingerprint density at radius 3 is 2.40 bits per heavy atom. The number of benzene rings is 2. The van der Waals surface area contributed by atoms with E-state index in [-0.39, 0.29) is 6.54 Å². The van der Waals surface area contributed by atoms with Gasteiger partial charge in [-0.05, 0) is 31.5 Å². The summed E-state index contributed by atoms with van der Waals surface area (Å²) in [6, 6.07) is 14.9. The normalized spacial score (nSPS) is 11.4. The molecular weight excluding hydrogens is 320 g/mol. The van der Waals surface area contributed by atoms with Crippen LogP contribution < -0.4 is 10.1 Å². The van der Waals surface area contributed by atoms with Gasteiger partial charge >= 0.3 is 12.0 Å². The summed E-state index contributed by atoms with van der Waals surface area (Å²) in [5, 5.41) is 12.1. The van der Waals surface area contributed by atoms with E-state index in [0.717, 1.165) is 5.56 Å². The summed E-state index contributed by atoms with van der Waals surface area (Å²) in [6.07, 6.45) is 0. The van der Waals surface area contributed by atoms with Gasteiger partial charge in [0.1, 0.15) is 11.8 Å². The van der Waals surface area contributed by atoms with Crippen molar-refractivity contribution in [3.63, 3.8) is 0 Å². The third-order valence-electron chi connectivity index (χ3n) is 3.71. The molecule has 0 fully saturated rings. The van der Waals surface area contributed by atoms with Gasteiger partial charge in [-0.3, -0.25) is 0 Å². The standard InChI is InChI=1S/C19H22N2O4/c1-3-25-17-12-8-7-11-16(17)20-19(24)21(14(2)18(22)23)13-15-9-5-4-6-10-15/h4-12,14H,3,13H2,1-2H3,(H,20,24)(H,22,23). The summed E-state index contributed by atoms with van der Waals surface area (Å²) in [6.45, 7) is 4.00. The molecule has 0 bridgehead atoms. The third-order valence-corrected chi connectivity index (χ3v) is 3.71. The van der Waals surface area contributed by atoms with Crippen LogP contribution in [0.4, 0.5) is 10.5 Å². The predicted octanol–water partition coefficient (Wildman–Crippen LogP) is 3.59. The zero-order valence-electron chi connectivity index (χ0n) is 14.3. The summed E-state index contributed by atoms with van der Waals surface area (Å²) in [5.41, 5.74) is 1.36. The number of carboxylic acid groups (broad SMARTS) is 1. The maximum Gasteiger partial charge on any atom is 0.326 e. The number of carboxylic acids is 1. The molecule has 0 saturated carbocycles. The number of urea groups is 1. The number of carbonyl (C=O) groups excluding carboxylic acids is 1. The molecule has 0 aliphatic rings. The number of nitrogens with one attached hydrogen (secondary N) is 1. The maximum atomic E-state index is 12.7. The Bertz CT molecular complexity index is 718. The summed E-state index contributed by atoms with van der Waals surface area (Å²) >= 11 is 0. The van der Waals surface area contributed by atoms with Crippen LogP contribution in [0.2, 0.25) is 0 Å². The van der Waals surface area contributed by atoms with Crippen molar-refractivity contribution in [1.82, 2.24) is 4.90 Å². The first-order valence-electron chi connectivity index (χ1n) is 8.09. The number of rotatable bonds is 7. The molecule has 25 heavy (non-hydrogen) atoms. The third kappa shape index (κ3) is 4.97. The second kappa shape index (κ2) is 8.73. The van der Waals surface area contributed by atoms with Gasteiger partial charge in [0.15, 0.2) is 0 Å². The summed E-state index contributed by atoms with van der Waals surface area (Å²) in [5.74, 6) is -0.523. The van der Waals surface area contributed by atoms with Crippen LogP contribution >= 0.6 is 0 Å². The zero-order chi connectivity index (χ0) is 18.2. The van der Waals surface area contributed by atoms with Crippen molar-refractivity contribution < 1.29 is 19.4 Å². The highest BCUT2D eigenvalue weighted by molar-refractivity contribution is 5.93. The van der Waals surface area contributed by atoms with Crippen molar-refractivity contribution in [3.8, 4) is 5.75 Å². The van der Waals surface area contributed by atoms with Crippen LogP contribution in [0.1, 0.15) is 19.4 Å². The Morgan fingerprint density at radius 2 is 1.76 bits per heavy atom. The molecule has 0 aliphatic carbocycles. The highest BCUT2D eigenvalue weighted by Crippen LogP contribution is 2.24. The van der Waals surface area contributed by atoms with Gasteiger partial charge in [0, 0.05) is 6.54 Å². The van der Waals surface area contributed by atoms with Gasteiger partial charge in [0.05, 0.1) is 12.3 Å². The Hall–Kier alpha value is -3.02. The first kappa shape index (κ1) is 18.3. The fourth-order valence-electron chi connectivity index (χ4n) is 2.34. The number of anilines is 1. The van der Waals surface area contributed by atoms with E-state index in [1.807, 2.05) is 43.3 Å². The fraction of sp³-hybridized carbons (Fsp3) is 0.263. The molecule has 0 spiro atoms. The van der Waals surface area contributed by atoms with Crippen LogP contribution in [-0.2, 0) is 11.3 Å².